The average molecular weight is 440 g/mol. The Hall–Kier alpha value is -2.77. The molecule has 31 heavy (non-hydrogen) atoms. The number of piperazine rings is 1. The van der Waals surface area contributed by atoms with E-state index in [1.165, 1.54) is 17.3 Å². The van der Waals surface area contributed by atoms with E-state index in [0.717, 1.165) is 0 Å². The van der Waals surface area contributed by atoms with E-state index in [1.807, 2.05) is 36.4 Å². The fraction of sp³-hybridized carbons (Fsp3) is 0.250. The Labute approximate surface area is 184 Å². The molecule has 160 valence electrons. The third kappa shape index (κ3) is 5.11. The molecule has 1 aromatic heterocycles. The monoisotopic (exact) mass is 439 g/mol. The molecule has 3 aromatic rings. The van der Waals surface area contributed by atoms with Crippen LogP contribution in [-0.4, -0.2) is 52.6 Å². The lowest BCUT2D eigenvalue weighted by Crippen LogP contribution is -2.50. The first kappa shape index (κ1) is 21.5. The molecule has 1 aliphatic heterocycles. The molecule has 2 aromatic carbocycles. The molecule has 0 radical (unpaired) electrons. The molecule has 0 N–H and O–H groups in total. The number of thioether (sulfide) groups is 1. The van der Waals surface area contributed by atoms with Gasteiger partial charge < -0.3 is 4.90 Å². The zero-order chi connectivity index (χ0) is 21.6. The van der Waals surface area contributed by atoms with Gasteiger partial charge in [-0.1, -0.05) is 60.7 Å². The minimum Gasteiger partial charge on any atom is -0.336 e. The van der Waals surface area contributed by atoms with Crippen molar-refractivity contribution in [1.82, 2.24) is 14.8 Å². The molecule has 0 bridgehead atoms. The van der Waals surface area contributed by atoms with Crippen molar-refractivity contribution in [2.45, 2.75) is 16.8 Å². The van der Waals surface area contributed by atoms with Crippen LogP contribution in [0.3, 0.4) is 0 Å². The van der Waals surface area contributed by atoms with Gasteiger partial charge in [0.25, 0.3) is 11.7 Å². The predicted molar refractivity (Wildman–Crippen MR) is 118 cm³/mol. The first-order valence-corrected chi connectivity index (χ1v) is 11.0. The largest absolute Gasteiger partial charge is 0.336 e. The molecule has 0 saturated carbocycles. The van der Waals surface area contributed by atoms with Crippen LogP contribution < -0.4 is 0 Å². The molecule has 1 saturated heterocycles. The summed E-state index contributed by atoms with van der Waals surface area (Å²) in [5, 5.41) is 0.0800. The van der Waals surface area contributed by atoms with Crippen LogP contribution in [0.25, 0.3) is 0 Å². The molecule has 4 rings (SSSR count). The van der Waals surface area contributed by atoms with E-state index < -0.39 is 5.76 Å². The number of carbonyl (C=O) groups excluding carboxylic acids is 1. The Morgan fingerprint density at radius 1 is 0.839 bits per heavy atom. The number of halogens is 2. The number of hydrogen-bond acceptors (Lipinski definition) is 4. The second-order valence-electron chi connectivity index (χ2n) is 7.29. The van der Waals surface area contributed by atoms with Crippen LogP contribution in [0.4, 0.5) is 8.78 Å². The van der Waals surface area contributed by atoms with Crippen molar-refractivity contribution in [2.75, 3.05) is 26.2 Å². The summed E-state index contributed by atoms with van der Waals surface area (Å²) >= 11 is 0.315. The second-order valence-corrected chi connectivity index (χ2v) is 8.27. The SMILES string of the molecule is O=C(c1cccnc1SC(F)F)N1CCN(C(c2ccccc2)c2ccccc2)CC1. The predicted octanol–water partition coefficient (Wildman–Crippen LogP) is 4.94. The number of nitrogens with zero attached hydrogens (tertiary/aromatic N) is 3. The zero-order valence-electron chi connectivity index (χ0n) is 16.9. The first-order chi connectivity index (χ1) is 15.1. The van der Waals surface area contributed by atoms with Gasteiger partial charge in [-0.2, -0.15) is 8.78 Å². The van der Waals surface area contributed by atoms with E-state index in [1.54, 1.807) is 17.0 Å². The highest BCUT2D eigenvalue weighted by molar-refractivity contribution is 7.99. The van der Waals surface area contributed by atoms with Gasteiger partial charge in [0.2, 0.25) is 0 Å². The van der Waals surface area contributed by atoms with Crippen LogP contribution in [0.1, 0.15) is 27.5 Å². The molecule has 0 unspecified atom stereocenters. The fourth-order valence-electron chi connectivity index (χ4n) is 3.97. The Balaban J connectivity index is 1.50. The number of benzene rings is 2. The maximum atomic E-state index is 13.0. The quantitative estimate of drug-likeness (QED) is 0.510. The third-order valence-electron chi connectivity index (χ3n) is 5.40. The average Bonchev–Trinajstić information content (AvgIpc) is 2.81. The molecule has 4 nitrogen and oxygen atoms in total. The van der Waals surface area contributed by atoms with Crippen LogP contribution >= 0.6 is 11.8 Å². The minimum atomic E-state index is -2.61. The van der Waals surface area contributed by atoms with Crippen LogP contribution in [-0.2, 0) is 0 Å². The van der Waals surface area contributed by atoms with E-state index in [-0.39, 0.29) is 22.5 Å². The Morgan fingerprint density at radius 3 is 1.97 bits per heavy atom. The summed E-state index contributed by atoms with van der Waals surface area (Å²) < 4.78 is 25.7. The minimum absolute atomic E-state index is 0.0800. The molecule has 0 aliphatic carbocycles. The van der Waals surface area contributed by atoms with E-state index in [2.05, 4.69) is 34.1 Å². The third-order valence-corrected chi connectivity index (χ3v) is 6.13. The first-order valence-electron chi connectivity index (χ1n) is 10.2. The van der Waals surface area contributed by atoms with Crippen molar-refractivity contribution in [1.29, 1.82) is 0 Å². The topological polar surface area (TPSA) is 36.4 Å². The van der Waals surface area contributed by atoms with Gasteiger partial charge in [-0.25, -0.2) is 4.98 Å². The molecule has 2 heterocycles. The van der Waals surface area contributed by atoms with Gasteiger partial charge >= 0.3 is 0 Å². The molecule has 7 heteroatoms. The van der Waals surface area contributed by atoms with Gasteiger partial charge in [0.15, 0.2) is 0 Å². The van der Waals surface area contributed by atoms with E-state index in [9.17, 15) is 13.6 Å². The second kappa shape index (κ2) is 10.0. The summed E-state index contributed by atoms with van der Waals surface area (Å²) in [6.07, 6.45) is 1.43. The van der Waals surface area contributed by atoms with Crippen LogP contribution in [0.2, 0.25) is 0 Å². The fourth-order valence-corrected chi connectivity index (χ4v) is 4.54. The lowest BCUT2D eigenvalue weighted by atomic mass is 9.96. The van der Waals surface area contributed by atoms with Crippen molar-refractivity contribution in [3.63, 3.8) is 0 Å². The number of rotatable bonds is 6. The van der Waals surface area contributed by atoms with Crippen molar-refractivity contribution in [2.24, 2.45) is 0 Å². The zero-order valence-corrected chi connectivity index (χ0v) is 17.7. The van der Waals surface area contributed by atoms with Gasteiger partial charge in [-0.05, 0) is 35.0 Å². The Bertz CT molecular complexity index is 956. The van der Waals surface area contributed by atoms with Gasteiger partial charge in [-0.3, -0.25) is 9.69 Å². The molecule has 1 fully saturated rings. The van der Waals surface area contributed by atoms with Gasteiger partial charge in [-0.15, -0.1) is 0 Å². The lowest BCUT2D eigenvalue weighted by Gasteiger charge is -2.40. The highest BCUT2D eigenvalue weighted by atomic mass is 32.2. The van der Waals surface area contributed by atoms with Crippen molar-refractivity contribution in [3.05, 3.63) is 95.7 Å². The number of pyridine rings is 1. The van der Waals surface area contributed by atoms with E-state index in [4.69, 9.17) is 0 Å². The number of amides is 1. The normalized spacial score (nSPS) is 14.9. The van der Waals surface area contributed by atoms with Gasteiger partial charge in [0.05, 0.1) is 11.6 Å². The summed E-state index contributed by atoms with van der Waals surface area (Å²) in [5.74, 6) is -2.86. The lowest BCUT2D eigenvalue weighted by molar-refractivity contribution is 0.0593. The smallest absolute Gasteiger partial charge is 0.290 e. The molecular weight excluding hydrogens is 416 g/mol. The Morgan fingerprint density at radius 2 is 1.42 bits per heavy atom. The van der Waals surface area contributed by atoms with Crippen LogP contribution in [0, 0.1) is 0 Å². The number of carbonyl (C=O) groups is 1. The highest BCUT2D eigenvalue weighted by Gasteiger charge is 2.29. The maximum Gasteiger partial charge on any atom is 0.290 e. The van der Waals surface area contributed by atoms with Gasteiger partial charge in [0.1, 0.15) is 5.03 Å². The van der Waals surface area contributed by atoms with Crippen molar-refractivity contribution >= 4 is 17.7 Å². The molecule has 0 spiro atoms. The molecule has 1 amide bonds. The van der Waals surface area contributed by atoms with E-state index in [0.29, 0.717) is 37.9 Å². The van der Waals surface area contributed by atoms with Crippen LogP contribution in [0.15, 0.2) is 84.0 Å². The standard InChI is InChI=1S/C24H23F2N3OS/c25-24(26)31-22-20(12-7-13-27-22)23(30)29-16-14-28(15-17-29)21(18-8-3-1-4-9-18)19-10-5-2-6-11-19/h1-13,21,24H,14-17H2. The summed E-state index contributed by atoms with van der Waals surface area (Å²) in [4.78, 5) is 21.1. The van der Waals surface area contributed by atoms with Gasteiger partial charge in [0, 0.05) is 32.4 Å². The molecule has 0 atom stereocenters. The number of hydrogen-bond donors (Lipinski definition) is 0. The summed E-state index contributed by atoms with van der Waals surface area (Å²) in [6, 6.07) is 23.9. The van der Waals surface area contributed by atoms with Crippen molar-refractivity contribution in [3.8, 4) is 0 Å². The highest BCUT2D eigenvalue weighted by Crippen LogP contribution is 2.31. The Kier molecular flexibility index (Phi) is 6.94. The molecular formula is C24H23F2N3OS. The number of aromatic nitrogens is 1. The summed E-state index contributed by atoms with van der Waals surface area (Å²) in [7, 11) is 0. The number of alkyl halides is 2. The maximum absolute atomic E-state index is 13.0. The van der Waals surface area contributed by atoms with E-state index >= 15 is 0 Å². The van der Waals surface area contributed by atoms with Crippen molar-refractivity contribution < 1.29 is 13.6 Å². The van der Waals surface area contributed by atoms with Crippen LogP contribution in [0.5, 0.6) is 0 Å². The summed E-state index contributed by atoms with van der Waals surface area (Å²) in [6.45, 7) is 2.45. The molecule has 1 aliphatic rings. The summed E-state index contributed by atoms with van der Waals surface area (Å²) in [5.41, 5.74) is 2.65.